The van der Waals surface area contributed by atoms with Crippen LogP contribution in [-0.4, -0.2) is 14.2 Å². The van der Waals surface area contributed by atoms with Gasteiger partial charge in [0.1, 0.15) is 5.75 Å². The third-order valence-electron chi connectivity index (χ3n) is 3.83. The van der Waals surface area contributed by atoms with Crippen LogP contribution in [0.2, 0.25) is 5.02 Å². The van der Waals surface area contributed by atoms with E-state index in [4.69, 9.17) is 16.3 Å². The van der Waals surface area contributed by atoms with E-state index in [1.807, 2.05) is 25.2 Å². The molecule has 21 heavy (non-hydrogen) atoms. The van der Waals surface area contributed by atoms with Crippen molar-refractivity contribution in [1.82, 2.24) is 5.32 Å². The van der Waals surface area contributed by atoms with E-state index in [-0.39, 0.29) is 6.04 Å². The lowest BCUT2D eigenvalue weighted by atomic mass is 9.93. The van der Waals surface area contributed by atoms with E-state index in [0.717, 1.165) is 29.2 Å². The summed E-state index contributed by atoms with van der Waals surface area (Å²) in [6, 6.07) is 14.6. The van der Waals surface area contributed by atoms with Gasteiger partial charge in [0.15, 0.2) is 0 Å². The molecule has 0 aliphatic rings. The van der Waals surface area contributed by atoms with Gasteiger partial charge in [-0.25, -0.2) is 0 Å². The number of hydrogen-bond acceptors (Lipinski definition) is 2. The number of methoxy groups -OCH3 is 1. The second-order valence-corrected chi connectivity index (χ2v) is 5.49. The van der Waals surface area contributed by atoms with Crippen molar-refractivity contribution in [2.75, 3.05) is 14.2 Å². The fourth-order valence-electron chi connectivity index (χ4n) is 2.69. The second kappa shape index (κ2) is 7.48. The Morgan fingerprint density at radius 1 is 1.14 bits per heavy atom. The van der Waals surface area contributed by atoms with Crippen molar-refractivity contribution in [2.45, 2.75) is 25.8 Å². The zero-order chi connectivity index (χ0) is 15.2. The predicted molar refractivity (Wildman–Crippen MR) is 89.3 cm³/mol. The summed E-state index contributed by atoms with van der Waals surface area (Å²) in [5.74, 6) is 0.883. The molecule has 0 fully saturated rings. The molecular weight excluding hydrogens is 282 g/mol. The zero-order valence-corrected chi connectivity index (χ0v) is 13.6. The van der Waals surface area contributed by atoms with Gasteiger partial charge in [-0.2, -0.15) is 0 Å². The number of aryl methyl sites for hydroxylation is 1. The third kappa shape index (κ3) is 3.78. The van der Waals surface area contributed by atoms with E-state index in [9.17, 15) is 0 Å². The molecule has 0 heterocycles. The van der Waals surface area contributed by atoms with Crippen LogP contribution in [0.4, 0.5) is 0 Å². The summed E-state index contributed by atoms with van der Waals surface area (Å²) in [7, 11) is 3.69. The molecule has 0 spiro atoms. The van der Waals surface area contributed by atoms with Crippen LogP contribution in [0.5, 0.6) is 5.75 Å². The van der Waals surface area contributed by atoms with Crippen LogP contribution in [0.15, 0.2) is 42.5 Å². The lowest BCUT2D eigenvalue weighted by Crippen LogP contribution is -2.20. The Kier molecular flexibility index (Phi) is 5.66. The van der Waals surface area contributed by atoms with Gasteiger partial charge in [0.2, 0.25) is 0 Å². The standard InChI is InChI=1S/C18H22ClNO/c1-4-13-7-5-6-8-16(13)17(20-2)12-14-11-15(19)9-10-18(14)21-3/h5-11,17,20H,4,12H2,1-3H3. The van der Waals surface area contributed by atoms with Gasteiger partial charge in [0.25, 0.3) is 0 Å². The van der Waals surface area contributed by atoms with Crippen LogP contribution in [-0.2, 0) is 12.8 Å². The quantitative estimate of drug-likeness (QED) is 0.853. The van der Waals surface area contributed by atoms with E-state index in [2.05, 4.69) is 36.5 Å². The molecule has 0 saturated heterocycles. The van der Waals surface area contributed by atoms with Gasteiger partial charge in [0.05, 0.1) is 7.11 Å². The van der Waals surface area contributed by atoms with Crippen molar-refractivity contribution in [3.05, 3.63) is 64.2 Å². The number of likely N-dealkylation sites (N-methyl/N-ethyl adjacent to an activating group) is 1. The van der Waals surface area contributed by atoms with Gasteiger partial charge < -0.3 is 10.1 Å². The van der Waals surface area contributed by atoms with Gasteiger partial charge in [-0.05, 0) is 54.8 Å². The van der Waals surface area contributed by atoms with Crippen LogP contribution >= 0.6 is 11.6 Å². The average molecular weight is 304 g/mol. The van der Waals surface area contributed by atoms with Crippen molar-refractivity contribution >= 4 is 11.6 Å². The first-order chi connectivity index (χ1) is 10.2. The van der Waals surface area contributed by atoms with Crippen LogP contribution < -0.4 is 10.1 Å². The topological polar surface area (TPSA) is 21.3 Å². The van der Waals surface area contributed by atoms with Crippen molar-refractivity contribution in [3.63, 3.8) is 0 Å². The highest BCUT2D eigenvalue weighted by molar-refractivity contribution is 6.30. The Labute approximate surface area is 132 Å². The largest absolute Gasteiger partial charge is 0.496 e. The molecule has 1 atom stereocenters. The first-order valence-electron chi connectivity index (χ1n) is 7.27. The maximum Gasteiger partial charge on any atom is 0.122 e. The summed E-state index contributed by atoms with van der Waals surface area (Å²) in [6.07, 6.45) is 1.87. The number of benzene rings is 2. The highest BCUT2D eigenvalue weighted by Crippen LogP contribution is 2.29. The fourth-order valence-corrected chi connectivity index (χ4v) is 2.88. The van der Waals surface area contributed by atoms with Crippen LogP contribution in [0.3, 0.4) is 0 Å². The molecule has 2 nitrogen and oxygen atoms in total. The summed E-state index contributed by atoms with van der Waals surface area (Å²) in [4.78, 5) is 0. The lowest BCUT2D eigenvalue weighted by molar-refractivity contribution is 0.406. The SMILES string of the molecule is CCc1ccccc1C(Cc1cc(Cl)ccc1OC)NC. The number of ether oxygens (including phenoxy) is 1. The molecule has 0 aliphatic heterocycles. The molecular formula is C18H22ClNO. The normalized spacial score (nSPS) is 12.2. The Bertz CT molecular complexity index is 598. The Balaban J connectivity index is 2.33. The van der Waals surface area contributed by atoms with Crippen LogP contribution in [0, 0.1) is 0 Å². The maximum atomic E-state index is 6.13. The first-order valence-corrected chi connectivity index (χ1v) is 7.64. The fraction of sp³-hybridized carbons (Fsp3) is 0.333. The molecule has 0 radical (unpaired) electrons. The summed E-state index contributed by atoms with van der Waals surface area (Å²) in [5.41, 5.74) is 3.83. The Morgan fingerprint density at radius 2 is 1.90 bits per heavy atom. The molecule has 2 aromatic rings. The molecule has 3 heteroatoms. The van der Waals surface area contributed by atoms with E-state index >= 15 is 0 Å². The molecule has 0 aliphatic carbocycles. The Hall–Kier alpha value is -1.51. The van der Waals surface area contributed by atoms with Crippen LogP contribution in [0.1, 0.15) is 29.7 Å². The molecule has 2 aromatic carbocycles. The van der Waals surface area contributed by atoms with Crippen molar-refractivity contribution in [2.24, 2.45) is 0 Å². The first kappa shape index (κ1) is 15.9. The maximum absolute atomic E-state index is 6.13. The second-order valence-electron chi connectivity index (χ2n) is 5.05. The Morgan fingerprint density at radius 3 is 2.57 bits per heavy atom. The molecule has 0 bridgehead atoms. The highest BCUT2D eigenvalue weighted by Gasteiger charge is 2.15. The minimum Gasteiger partial charge on any atom is -0.496 e. The van der Waals surface area contributed by atoms with Crippen molar-refractivity contribution in [1.29, 1.82) is 0 Å². The number of halogens is 1. The molecule has 112 valence electrons. The van der Waals surface area contributed by atoms with Gasteiger partial charge in [-0.15, -0.1) is 0 Å². The summed E-state index contributed by atoms with van der Waals surface area (Å²) in [6.45, 7) is 2.19. The molecule has 0 aromatic heterocycles. The van der Waals surface area contributed by atoms with Gasteiger partial charge in [-0.3, -0.25) is 0 Å². The molecule has 0 saturated carbocycles. The number of rotatable bonds is 6. The van der Waals surface area contributed by atoms with Gasteiger partial charge in [-0.1, -0.05) is 42.8 Å². The van der Waals surface area contributed by atoms with Gasteiger partial charge >= 0.3 is 0 Å². The highest BCUT2D eigenvalue weighted by atomic mass is 35.5. The summed E-state index contributed by atoms with van der Waals surface area (Å²) >= 11 is 6.13. The molecule has 1 unspecified atom stereocenters. The molecule has 1 N–H and O–H groups in total. The number of nitrogens with one attached hydrogen (secondary N) is 1. The smallest absolute Gasteiger partial charge is 0.122 e. The van der Waals surface area contributed by atoms with E-state index < -0.39 is 0 Å². The van der Waals surface area contributed by atoms with E-state index in [0.29, 0.717) is 0 Å². The molecule has 0 amide bonds. The third-order valence-corrected chi connectivity index (χ3v) is 4.06. The van der Waals surface area contributed by atoms with Crippen molar-refractivity contribution < 1.29 is 4.74 Å². The average Bonchev–Trinajstić information content (AvgIpc) is 2.52. The molecule has 2 rings (SSSR count). The van der Waals surface area contributed by atoms with Crippen molar-refractivity contribution in [3.8, 4) is 5.75 Å². The minimum atomic E-state index is 0.244. The summed E-state index contributed by atoms with van der Waals surface area (Å²) in [5, 5.41) is 4.15. The predicted octanol–water partition coefficient (Wildman–Crippen LogP) is 4.41. The van der Waals surface area contributed by atoms with E-state index in [1.165, 1.54) is 11.1 Å². The zero-order valence-electron chi connectivity index (χ0n) is 12.8. The van der Waals surface area contributed by atoms with E-state index in [1.54, 1.807) is 7.11 Å². The lowest BCUT2D eigenvalue weighted by Gasteiger charge is -2.21. The van der Waals surface area contributed by atoms with Gasteiger partial charge in [0, 0.05) is 11.1 Å². The number of hydrogen-bond donors (Lipinski definition) is 1. The monoisotopic (exact) mass is 303 g/mol. The minimum absolute atomic E-state index is 0.244. The summed E-state index contributed by atoms with van der Waals surface area (Å²) < 4.78 is 5.45. The van der Waals surface area contributed by atoms with Crippen LogP contribution in [0.25, 0.3) is 0 Å².